The number of ether oxygens (including phenoxy) is 1. The highest BCUT2D eigenvalue weighted by atomic mass is 35.5. The molecule has 1 aliphatic rings. The molecule has 8 heteroatoms. The predicted octanol–water partition coefficient (Wildman–Crippen LogP) is 3.30. The first-order chi connectivity index (χ1) is 13.0. The van der Waals surface area contributed by atoms with Gasteiger partial charge in [0.05, 0.1) is 6.21 Å². The molecule has 0 heterocycles. The number of hydrazone groups is 1. The van der Waals surface area contributed by atoms with Gasteiger partial charge in [0.15, 0.2) is 0 Å². The van der Waals surface area contributed by atoms with Crippen molar-refractivity contribution < 1.29 is 14.3 Å². The number of para-hydroxylation sites is 1. The van der Waals surface area contributed by atoms with E-state index >= 15 is 0 Å². The van der Waals surface area contributed by atoms with Crippen LogP contribution in [0.15, 0.2) is 47.6 Å². The summed E-state index contributed by atoms with van der Waals surface area (Å²) in [4.78, 5) is 23.2. The molecule has 0 aliphatic heterocycles. The second-order valence-electron chi connectivity index (χ2n) is 6.01. The van der Waals surface area contributed by atoms with Crippen molar-refractivity contribution in [2.75, 3.05) is 0 Å². The summed E-state index contributed by atoms with van der Waals surface area (Å²) in [6, 6.07) is 12.5. The van der Waals surface area contributed by atoms with Crippen molar-refractivity contribution in [2.24, 2.45) is 5.10 Å². The first-order valence-electron chi connectivity index (χ1n) is 8.32. The molecule has 140 valence electrons. The second-order valence-corrected chi connectivity index (χ2v) is 6.85. The fourth-order valence-corrected chi connectivity index (χ4v) is 2.67. The van der Waals surface area contributed by atoms with Gasteiger partial charge in [-0.05, 0) is 37.1 Å². The van der Waals surface area contributed by atoms with Crippen molar-refractivity contribution in [3.63, 3.8) is 0 Å². The lowest BCUT2D eigenvalue weighted by Crippen LogP contribution is -2.38. The number of amides is 2. The van der Waals surface area contributed by atoms with Crippen molar-refractivity contribution in [1.82, 2.24) is 10.7 Å². The predicted molar refractivity (Wildman–Crippen MR) is 104 cm³/mol. The lowest BCUT2D eigenvalue weighted by atomic mass is 10.2. The van der Waals surface area contributed by atoms with Crippen LogP contribution in [-0.4, -0.2) is 24.1 Å². The maximum Gasteiger partial charge on any atom is 0.329 e. The Labute approximate surface area is 166 Å². The number of halogens is 2. The number of rotatable bonds is 6. The van der Waals surface area contributed by atoms with Crippen molar-refractivity contribution in [1.29, 1.82) is 0 Å². The van der Waals surface area contributed by atoms with E-state index in [1.165, 1.54) is 6.21 Å². The molecule has 6 nitrogen and oxygen atoms in total. The number of benzene rings is 2. The SMILES string of the molecule is O=C(N/N=C\c1ccccc1OCc1ccc(Cl)cc1Cl)C(=O)NC1CC1. The van der Waals surface area contributed by atoms with E-state index in [4.69, 9.17) is 27.9 Å². The van der Waals surface area contributed by atoms with E-state index < -0.39 is 11.8 Å². The largest absolute Gasteiger partial charge is 0.488 e. The quantitative estimate of drug-likeness (QED) is 0.439. The molecule has 2 aromatic rings. The molecule has 2 N–H and O–H groups in total. The minimum atomic E-state index is -0.801. The average molecular weight is 406 g/mol. The first-order valence-corrected chi connectivity index (χ1v) is 9.08. The van der Waals surface area contributed by atoms with Gasteiger partial charge in [-0.1, -0.05) is 41.4 Å². The first kappa shape index (κ1) is 19.2. The molecule has 0 radical (unpaired) electrons. The minimum absolute atomic E-state index is 0.112. The Morgan fingerprint density at radius 2 is 1.93 bits per heavy atom. The van der Waals surface area contributed by atoms with E-state index in [-0.39, 0.29) is 12.6 Å². The van der Waals surface area contributed by atoms with Crippen LogP contribution in [0, 0.1) is 0 Å². The highest BCUT2D eigenvalue weighted by molar-refractivity contribution is 6.35. The maximum absolute atomic E-state index is 11.7. The van der Waals surface area contributed by atoms with E-state index in [1.807, 2.05) is 12.1 Å². The highest BCUT2D eigenvalue weighted by Gasteiger charge is 2.26. The van der Waals surface area contributed by atoms with Gasteiger partial charge in [0.2, 0.25) is 0 Å². The van der Waals surface area contributed by atoms with Gasteiger partial charge in [0.25, 0.3) is 0 Å². The van der Waals surface area contributed by atoms with E-state index in [9.17, 15) is 9.59 Å². The monoisotopic (exact) mass is 405 g/mol. The van der Waals surface area contributed by atoms with E-state index in [2.05, 4.69) is 15.8 Å². The van der Waals surface area contributed by atoms with Crippen LogP contribution in [0.2, 0.25) is 10.0 Å². The molecule has 0 unspecified atom stereocenters. The highest BCUT2D eigenvalue weighted by Crippen LogP contribution is 2.24. The van der Waals surface area contributed by atoms with Crippen molar-refractivity contribution in [3.05, 3.63) is 63.6 Å². The lowest BCUT2D eigenvalue weighted by Gasteiger charge is -2.10. The normalized spacial score (nSPS) is 13.4. The number of nitrogens with zero attached hydrogens (tertiary/aromatic N) is 1. The van der Waals surface area contributed by atoms with Gasteiger partial charge in [-0.25, -0.2) is 5.43 Å². The smallest absolute Gasteiger partial charge is 0.329 e. The van der Waals surface area contributed by atoms with Crippen LogP contribution >= 0.6 is 23.2 Å². The van der Waals surface area contributed by atoms with E-state index in [0.717, 1.165) is 18.4 Å². The van der Waals surface area contributed by atoms with Crippen molar-refractivity contribution in [2.45, 2.75) is 25.5 Å². The Morgan fingerprint density at radius 3 is 2.67 bits per heavy atom. The molecule has 2 amide bonds. The van der Waals surface area contributed by atoms with Gasteiger partial charge >= 0.3 is 11.8 Å². The number of carbonyl (C=O) groups is 2. The number of carbonyl (C=O) groups excluding carboxylic acids is 2. The molecule has 0 spiro atoms. The summed E-state index contributed by atoms with van der Waals surface area (Å²) in [5.74, 6) is -0.926. The zero-order valence-electron chi connectivity index (χ0n) is 14.2. The Hall–Kier alpha value is -2.57. The summed E-state index contributed by atoms with van der Waals surface area (Å²) in [6.07, 6.45) is 3.23. The Balaban J connectivity index is 1.59. The lowest BCUT2D eigenvalue weighted by molar-refractivity contribution is -0.139. The van der Waals surface area contributed by atoms with Gasteiger partial charge < -0.3 is 10.1 Å². The molecule has 1 saturated carbocycles. The molecular formula is C19H17Cl2N3O3. The summed E-state index contributed by atoms with van der Waals surface area (Å²) in [7, 11) is 0. The molecule has 0 atom stereocenters. The molecule has 3 rings (SSSR count). The minimum Gasteiger partial charge on any atom is -0.488 e. The third kappa shape index (κ3) is 5.70. The average Bonchev–Trinajstić information content (AvgIpc) is 3.46. The third-order valence-corrected chi connectivity index (χ3v) is 4.39. The van der Waals surface area contributed by atoms with Crippen LogP contribution in [0.25, 0.3) is 0 Å². The van der Waals surface area contributed by atoms with Gasteiger partial charge in [-0.3, -0.25) is 9.59 Å². The summed E-state index contributed by atoms with van der Waals surface area (Å²) in [5, 5.41) is 7.49. The van der Waals surface area contributed by atoms with E-state index in [1.54, 1.807) is 30.3 Å². The molecule has 2 aromatic carbocycles. The van der Waals surface area contributed by atoms with Crippen molar-refractivity contribution in [3.8, 4) is 5.75 Å². The summed E-state index contributed by atoms with van der Waals surface area (Å²) >= 11 is 12.0. The van der Waals surface area contributed by atoms with Crippen LogP contribution in [0.3, 0.4) is 0 Å². The fourth-order valence-electron chi connectivity index (χ4n) is 2.20. The van der Waals surface area contributed by atoms with Gasteiger partial charge in [-0.15, -0.1) is 0 Å². The summed E-state index contributed by atoms with van der Waals surface area (Å²) < 4.78 is 5.80. The van der Waals surface area contributed by atoms with Crippen LogP contribution in [0.5, 0.6) is 5.75 Å². The zero-order valence-corrected chi connectivity index (χ0v) is 15.8. The van der Waals surface area contributed by atoms with Gasteiger partial charge in [0, 0.05) is 27.2 Å². The van der Waals surface area contributed by atoms with Crippen LogP contribution < -0.4 is 15.5 Å². The topological polar surface area (TPSA) is 79.8 Å². The van der Waals surface area contributed by atoms with Gasteiger partial charge in [-0.2, -0.15) is 5.10 Å². The Bertz CT molecular complexity index is 882. The fraction of sp³-hybridized carbons (Fsp3) is 0.211. The molecule has 0 saturated heterocycles. The number of hydrogen-bond donors (Lipinski definition) is 2. The standard InChI is InChI=1S/C19H17Cl2N3O3/c20-14-6-5-13(16(21)9-14)11-27-17-4-2-1-3-12(17)10-22-24-19(26)18(25)23-15-7-8-15/h1-6,9-10,15H,7-8,11H2,(H,23,25)(H,24,26)/b22-10-. The van der Waals surface area contributed by atoms with E-state index in [0.29, 0.717) is 21.4 Å². The van der Waals surface area contributed by atoms with Crippen LogP contribution in [0.4, 0.5) is 0 Å². The molecule has 1 aliphatic carbocycles. The number of hydrogen-bond acceptors (Lipinski definition) is 4. The maximum atomic E-state index is 11.7. The molecular weight excluding hydrogens is 389 g/mol. The molecule has 1 fully saturated rings. The molecule has 27 heavy (non-hydrogen) atoms. The Morgan fingerprint density at radius 1 is 1.15 bits per heavy atom. The molecule has 0 aromatic heterocycles. The van der Waals surface area contributed by atoms with Crippen LogP contribution in [-0.2, 0) is 16.2 Å². The second kappa shape index (κ2) is 8.88. The zero-order chi connectivity index (χ0) is 19.2. The summed E-state index contributed by atoms with van der Waals surface area (Å²) in [6.45, 7) is 0.247. The third-order valence-electron chi connectivity index (χ3n) is 3.81. The number of nitrogens with one attached hydrogen (secondary N) is 2. The van der Waals surface area contributed by atoms with Crippen molar-refractivity contribution >= 4 is 41.2 Å². The Kier molecular flexibility index (Phi) is 6.32. The summed E-state index contributed by atoms with van der Waals surface area (Å²) in [5.41, 5.74) is 3.64. The molecule has 0 bridgehead atoms. The van der Waals surface area contributed by atoms with Crippen LogP contribution in [0.1, 0.15) is 24.0 Å². The van der Waals surface area contributed by atoms with Gasteiger partial charge in [0.1, 0.15) is 12.4 Å².